The van der Waals surface area contributed by atoms with Crippen LogP contribution in [0.3, 0.4) is 0 Å². The van der Waals surface area contributed by atoms with Crippen molar-refractivity contribution >= 4 is 13.2 Å². The number of aryl methyl sites for hydroxylation is 1. The predicted octanol–water partition coefficient (Wildman–Crippen LogP) is 5.65. The molecule has 0 saturated heterocycles. The summed E-state index contributed by atoms with van der Waals surface area (Å²) in [6, 6.07) is 18.0. The van der Waals surface area contributed by atoms with E-state index in [0.717, 1.165) is 16.7 Å². The van der Waals surface area contributed by atoms with Crippen molar-refractivity contribution < 1.29 is 13.6 Å². The summed E-state index contributed by atoms with van der Waals surface area (Å²) in [6.45, 7) is 6.34. The zero-order valence-electron chi connectivity index (χ0n) is 13.9. The van der Waals surface area contributed by atoms with Crippen molar-refractivity contribution in [3.63, 3.8) is 0 Å². The summed E-state index contributed by atoms with van der Waals surface area (Å²) in [5, 5.41) is 0. The van der Waals surface area contributed by atoms with E-state index in [-0.39, 0.29) is 0 Å². The third-order valence-electron chi connectivity index (χ3n) is 3.35. The molecule has 0 unspecified atom stereocenters. The maximum absolute atomic E-state index is 12.9. The van der Waals surface area contributed by atoms with E-state index < -0.39 is 7.60 Å². The van der Waals surface area contributed by atoms with E-state index >= 15 is 0 Å². The van der Waals surface area contributed by atoms with Gasteiger partial charge in [0.15, 0.2) is 0 Å². The summed E-state index contributed by atoms with van der Waals surface area (Å²) >= 11 is 0. The van der Waals surface area contributed by atoms with E-state index in [4.69, 9.17) is 9.05 Å². The van der Waals surface area contributed by atoms with Crippen LogP contribution in [0.4, 0.5) is 0 Å². The van der Waals surface area contributed by atoms with Gasteiger partial charge in [-0.15, -0.1) is 0 Å². The van der Waals surface area contributed by atoms with E-state index in [1.165, 1.54) is 5.56 Å². The summed E-state index contributed by atoms with van der Waals surface area (Å²) in [5.41, 5.74) is 4.01. The maximum Gasteiger partial charge on any atom is 0.354 e. The van der Waals surface area contributed by atoms with Crippen LogP contribution in [0.1, 0.15) is 30.5 Å². The van der Waals surface area contributed by atoms with Crippen LogP contribution in [0, 0.1) is 6.92 Å². The molecule has 23 heavy (non-hydrogen) atoms. The van der Waals surface area contributed by atoms with Gasteiger partial charge in [0, 0.05) is 5.82 Å². The first-order valence-electron chi connectivity index (χ1n) is 7.82. The zero-order chi connectivity index (χ0) is 16.7. The first-order valence-corrected chi connectivity index (χ1v) is 9.43. The Morgan fingerprint density at radius 3 is 1.96 bits per heavy atom. The van der Waals surface area contributed by atoms with Crippen LogP contribution >= 0.6 is 7.60 Å². The number of hydrogen-bond acceptors (Lipinski definition) is 3. The van der Waals surface area contributed by atoms with Crippen LogP contribution in [0.2, 0.25) is 0 Å². The molecule has 0 amide bonds. The van der Waals surface area contributed by atoms with Crippen molar-refractivity contribution in [2.24, 2.45) is 0 Å². The van der Waals surface area contributed by atoms with Gasteiger partial charge in [-0.05, 0) is 37.5 Å². The molecule has 0 spiro atoms. The van der Waals surface area contributed by atoms with Crippen molar-refractivity contribution in [1.29, 1.82) is 0 Å². The first kappa shape index (κ1) is 17.7. The van der Waals surface area contributed by atoms with Gasteiger partial charge in [-0.1, -0.05) is 60.2 Å². The molecule has 0 aromatic heterocycles. The van der Waals surface area contributed by atoms with Crippen molar-refractivity contribution in [3.05, 3.63) is 77.1 Å². The predicted molar refractivity (Wildman–Crippen MR) is 95.6 cm³/mol. The van der Waals surface area contributed by atoms with Crippen LogP contribution in [-0.2, 0) is 13.6 Å². The minimum Gasteiger partial charge on any atom is -0.306 e. The smallest absolute Gasteiger partial charge is 0.306 e. The monoisotopic (exact) mass is 330 g/mol. The molecule has 0 aliphatic rings. The summed E-state index contributed by atoms with van der Waals surface area (Å²) in [5.74, 6) is 1.64. The lowest BCUT2D eigenvalue weighted by Gasteiger charge is -2.16. The van der Waals surface area contributed by atoms with Gasteiger partial charge >= 0.3 is 7.60 Å². The van der Waals surface area contributed by atoms with Crippen molar-refractivity contribution in [2.75, 3.05) is 13.2 Å². The van der Waals surface area contributed by atoms with Crippen LogP contribution in [0.15, 0.2) is 60.4 Å². The lowest BCUT2D eigenvalue weighted by Crippen LogP contribution is -1.96. The van der Waals surface area contributed by atoms with Crippen LogP contribution in [0.5, 0.6) is 0 Å². The number of benzene rings is 2. The Morgan fingerprint density at radius 2 is 1.43 bits per heavy atom. The molecule has 0 saturated carbocycles. The molecule has 0 fully saturated rings. The number of hydrogen-bond donors (Lipinski definition) is 0. The number of rotatable bonds is 7. The molecule has 0 heterocycles. The second-order valence-corrected chi connectivity index (χ2v) is 7.00. The van der Waals surface area contributed by atoms with Gasteiger partial charge in [0.1, 0.15) is 0 Å². The zero-order valence-corrected chi connectivity index (χ0v) is 14.8. The van der Waals surface area contributed by atoms with Gasteiger partial charge < -0.3 is 9.05 Å². The SMILES string of the molecule is CCOP(=O)(/C=C(/c1ccccc1)c1ccc(C)cc1)OCC. The van der Waals surface area contributed by atoms with E-state index in [2.05, 4.69) is 0 Å². The van der Waals surface area contributed by atoms with E-state index in [0.29, 0.717) is 13.2 Å². The third kappa shape index (κ3) is 4.90. The summed E-state index contributed by atoms with van der Waals surface area (Å²) in [7, 11) is -3.28. The fourth-order valence-electron chi connectivity index (χ4n) is 2.30. The van der Waals surface area contributed by atoms with E-state index in [9.17, 15) is 4.57 Å². The van der Waals surface area contributed by atoms with E-state index in [1.807, 2.05) is 75.4 Å². The second-order valence-electron chi connectivity index (χ2n) is 5.15. The second kappa shape index (κ2) is 8.26. The summed E-state index contributed by atoms with van der Waals surface area (Å²) < 4.78 is 23.8. The lowest BCUT2D eigenvalue weighted by molar-refractivity contribution is 0.229. The van der Waals surface area contributed by atoms with Gasteiger partial charge in [-0.25, -0.2) is 0 Å². The summed E-state index contributed by atoms with van der Waals surface area (Å²) in [6.07, 6.45) is 0. The van der Waals surface area contributed by atoms with Gasteiger partial charge in [0.2, 0.25) is 0 Å². The van der Waals surface area contributed by atoms with Gasteiger partial charge in [0.05, 0.1) is 13.2 Å². The fraction of sp³-hybridized carbons (Fsp3) is 0.263. The highest BCUT2D eigenvalue weighted by Gasteiger charge is 2.22. The van der Waals surface area contributed by atoms with Crippen LogP contribution in [-0.4, -0.2) is 13.2 Å². The molecule has 0 atom stereocenters. The average molecular weight is 330 g/mol. The molecule has 3 nitrogen and oxygen atoms in total. The lowest BCUT2D eigenvalue weighted by atomic mass is 9.99. The Balaban J connectivity index is 2.55. The molecule has 2 rings (SSSR count). The van der Waals surface area contributed by atoms with E-state index in [1.54, 1.807) is 5.82 Å². The normalized spacial score (nSPS) is 12.4. The van der Waals surface area contributed by atoms with Crippen LogP contribution < -0.4 is 0 Å². The minimum atomic E-state index is -3.28. The molecule has 0 aliphatic carbocycles. The molecule has 2 aromatic rings. The molecular formula is C19H23O3P. The van der Waals surface area contributed by atoms with Gasteiger partial charge in [0.25, 0.3) is 0 Å². The molecule has 4 heteroatoms. The Kier molecular flexibility index (Phi) is 6.35. The quantitative estimate of drug-likeness (QED) is 0.615. The van der Waals surface area contributed by atoms with Crippen LogP contribution in [0.25, 0.3) is 5.57 Å². The molecule has 2 aromatic carbocycles. The fourth-order valence-corrected chi connectivity index (χ4v) is 3.85. The Bertz CT molecular complexity index is 680. The Labute approximate surface area is 138 Å². The topological polar surface area (TPSA) is 35.5 Å². The molecular weight excluding hydrogens is 307 g/mol. The average Bonchev–Trinajstić information content (AvgIpc) is 2.55. The maximum atomic E-state index is 12.9. The standard InChI is InChI=1S/C19H23O3P/c1-4-21-23(20,22-5-2)15-19(17-9-7-6-8-10-17)18-13-11-16(3)12-14-18/h6-15H,4-5H2,1-3H3/b19-15-. The van der Waals surface area contributed by atoms with Crippen molar-refractivity contribution in [3.8, 4) is 0 Å². The molecule has 0 aliphatic heterocycles. The molecule has 0 bridgehead atoms. The Morgan fingerprint density at radius 1 is 0.913 bits per heavy atom. The highest BCUT2D eigenvalue weighted by Crippen LogP contribution is 2.52. The Hall–Kier alpha value is -1.67. The molecule has 0 radical (unpaired) electrons. The first-order chi connectivity index (χ1) is 11.1. The third-order valence-corrected chi connectivity index (χ3v) is 5.16. The molecule has 0 N–H and O–H groups in total. The largest absolute Gasteiger partial charge is 0.354 e. The molecule has 122 valence electrons. The van der Waals surface area contributed by atoms with Crippen molar-refractivity contribution in [2.45, 2.75) is 20.8 Å². The van der Waals surface area contributed by atoms with Crippen molar-refractivity contribution in [1.82, 2.24) is 0 Å². The minimum absolute atomic E-state index is 0.337. The van der Waals surface area contributed by atoms with Gasteiger partial charge in [-0.3, -0.25) is 4.57 Å². The summed E-state index contributed by atoms with van der Waals surface area (Å²) in [4.78, 5) is 0. The van der Waals surface area contributed by atoms with Gasteiger partial charge in [-0.2, -0.15) is 0 Å². The highest BCUT2D eigenvalue weighted by molar-refractivity contribution is 7.57. The highest BCUT2D eigenvalue weighted by atomic mass is 31.2.